The van der Waals surface area contributed by atoms with Crippen molar-refractivity contribution in [2.24, 2.45) is 0 Å². The Morgan fingerprint density at radius 2 is 2.30 bits per heavy atom. The first-order valence-corrected chi connectivity index (χ1v) is 6.61. The average molecular weight is 295 g/mol. The Hall–Kier alpha value is -1.77. The highest BCUT2D eigenvalue weighted by atomic mass is 35.5. The van der Waals surface area contributed by atoms with Crippen LogP contribution < -0.4 is 4.90 Å². The maximum absolute atomic E-state index is 11.6. The Kier molecular flexibility index (Phi) is 4.48. The summed E-state index contributed by atoms with van der Waals surface area (Å²) >= 11 is 6.04. The second-order valence-electron chi connectivity index (χ2n) is 4.64. The Balaban J connectivity index is 2.21. The zero-order chi connectivity index (χ0) is 14.7. The molecule has 1 aliphatic rings. The highest BCUT2D eigenvalue weighted by Gasteiger charge is 2.31. The average Bonchev–Trinajstić information content (AvgIpc) is 2.45. The van der Waals surface area contributed by atoms with Crippen LogP contribution in [0, 0.1) is 11.3 Å². The summed E-state index contributed by atoms with van der Waals surface area (Å²) in [5, 5.41) is 9.28. The molecule has 1 saturated heterocycles. The molecule has 0 saturated carbocycles. The predicted molar refractivity (Wildman–Crippen MR) is 74.7 cm³/mol. The molecule has 0 amide bonds. The number of ether oxygens (including phenoxy) is 2. The molecule has 1 heterocycles. The summed E-state index contributed by atoms with van der Waals surface area (Å²) in [5.74, 6) is -0.388. The van der Waals surface area contributed by atoms with E-state index in [0.717, 1.165) is 5.69 Å². The summed E-state index contributed by atoms with van der Waals surface area (Å²) < 4.78 is 10.3. The van der Waals surface area contributed by atoms with E-state index in [1.54, 1.807) is 12.1 Å². The van der Waals surface area contributed by atoms with Crippen molar-refractivity contribution in [1.29, 1.82) is 5.26 Å². The van der Waals surface area contributed by atoms with E-state index in [4.69, 9.17) is 26.3 Å². The van der Waals surface area contributed by atoms with Crippen molar-refractivity contribution in [2.45, 2.75) is 19.1 Å². The van der Waals surface area contributed by atoms with Gasteiger partial charge in [0.25, 0.3) is 0 Å². The lowest BCUT2D eigenvalue weighted by molar-refractivity contribution is -0.158. The minimum atomic E-state index is -0.613. The highest BCUT2D eigenvalue weighted by Crippen LogP contribution is 2.26. The number of esters is 1. The van der Waals surface area contributed by atoms with Gasteiger partial charge in [0, 0.05) is 12.2 Å². The molecule has 0 N–H and O–H groups in total. The quantitative estimate of drug-likeness (QED) is 0.781. The van der Waals surface area contributed by atoms with Crippen LogP contribution in [0.1, 0.15) is 12.5 Å². The molecule has 106 valence electrons. The number of nitrogens with zero attached hydrogens (tertiary/aromatic N) is 2. The van der Waals surface area contributed by atoms with Gasteiger partial charge in [-0.25, -0.2) is 4.79 Å². The SMILES string of the molecule is COC(=O)C1CN(c2ccc(C#N)c(Cl)c2)C[C@@H](C)O1. The van der Waals surface area contributed by atoms with Gasteiger partial charge >= 0.3 is 5.97 Å². The first kappa shape index (κ1) is 14.6. The molecule has 20 heavy (non-hydrogen) atoms. The van der Waals surface area contributed by atoms with Crippen LogP contribution in [0.15, 0.2) is 18.2 Å². The molecule has 5 nitrogen and oxygen atoms in total. The number of anilines is 1. The van der Waals surface area contributed by atoms with Gasteiger partial charge in [0.05, 0.1) is 30.3 Å². The van der Waals surface area contributed by atoms with E-state index in [-0.39, 0.29) is 12.1 Å². The van der Waals surface area contributed by atoms with Gasteiger partial charge in [0.2, 0.25) is 0 Å². The summed E-state index contributed by atoms with van der Waals surface area (Å²) in [6.07, 6.45) is -0.708. The first-order chi connectivity index (χ1) is 9.55. The van der Waals surface area contributed by atoms with Crippen LogP contribution >= 0.6 is 11.6 Å². The molecule has 2 atom stereocenters. The predicted octanol–water partition coefficient (Wildman–Crippen LogP) is 1.98. The number of benzene rings is 1. The molecule has 0 radical (unpaired) electrons. The Bertz CT molecular complexity index is 556. The van der Waals surface area contributed by atoms with Gasteiger partial charge in [-0.3, -0.25) is 0 Å². The number of carbonyl (C=O) groups is 1. The lowest BCUT2D eigenvalue weighted by Gasteiger charge is -2.37. The monoisotopic (exact) mass is 294 g/mol. The summed E-state index contributed by atoms with van der Waals surface area (Å²) in [5.41, 5.74) is 1.29. The van der Waals surface area contributed by atoms with E-state index in [0.29, 0.717) is 23.7 Å². The van der Waals surface area contributed by atoms with Crippen LogP contribution in [0.4, 0.5) is 5.69 Å². The minimum absolute atomic E-state index is 0.0951. The van der Waals surface area contributed by atoms with Gasteiger partial charge in [-0.1, -0.05) is 11.6 Å². The fourth-order valence-electron chi connectivity index (χ4n) is 2.22. The van der Waals surface area contributed by atoms with Crippen molar-refractivity contribution in [3.63, 3.8) is 0 Å². The van der Waals surface area contributed by atoms with Crippen molar-refractivity contribution in [1.82, 2.24) is 0 Å². The Morgan fingerprint density at radius 3 is 2.90 bits per heavy atom. The van der Waals surface area contributed by atoms with Gasteiger partial charge in [-0.05, 0) is 25.1 Å². The zero-order valence-corrected chi connectivity index (χ0v) is 12.1. The van der Waals surface area contributed by atoms with E-state index in [9.17, 15) is 4.79 Å². The topological polar surface area (TPSA) is 62.6 Å². The maximum Gasteiger partial charge on any atom is 0.336 e. The van der Waals surface area contributed by atoms with Gasteiger partial charge in [-0.15, -0.1) is 0 Å². The normalized spacial score (nSPS) is 22.2. The summed E-state index contributed by atoms with van der Waals surface area (Å²) in [4.78, 5) is 13.6. The summed E-state index contributed by atoms with van der Waals surface area (Å²) in [6.45, 7) is 2.95. The minimum Gasteiger partial charge on any atom is -0.467 e. The smallest absolute Gasteiger partial charge is 0.336 e. The largest absolute Gasteiger partial charge is 0.467 e. The van der Waals surface area contributed by atoms with E-state index < -0.39 is 6.10 Å². The molecule has 0 bridgehead atoms. The molecule has 1 aromatic carbocycles. The second kappa shape index (κ2) is 6.12. The van der Waals surface area contributed by atoms with Crippen LogP contribution in [-0.2, 0) is 14.3 Å². The fraction of sp³-hybridized carbons (Fsp3) is 0.429. The summed E-state index contributed by atoms with van der Waals surface area (Å²) in [7, 11) is 1.34. The number of morpholine rings is 1. The molecular formula is C14H15ClN2O3. The molecule has 2 rings (SSSR count). The van der Waals surface area contributed by atoms with Crippen molar-refractivity contribution >= 4 is 23.3 Å². The molecule has 0 spiro atoms. The number of rotatable bonds is 2. The Morgan fingerprint density at radius 1 is 1.55 bits per heavy atom. The molecule has 1 unspecified atom stereocenters. The summed E-state index contributed by atoms with van der Waals surface area (Å²) in [6, 6.07) is 7.24. The van der Waals surface area contributed by atoms with Crippen LogP contribution in [0.2, 0.25) is 5.02 Å². The third kappa shape index (κ3) is 3.03. The van der Waals surface area contributed by atoms with Gasteiger partial charge in [0.1, 0.15) is 6.07 Å². The molecular weight excluding hydrogens is 280 g/mol. The van der Waals surface area contributed by atoms with E-state index in [2.05, 4.69) is 0 Å². The first-order valence-electron chi connectivity index (χ1n) is 6.23. The number of carbonyl (C=O) groups excluding carboxylic acids is 1. The van der Waals surface area contributed by atoms with E-state index >= 15 is 0 Å². The lowest BCUT2D eigenvalue weighted by atomic mass is 10.1. The van der Waals surface area contributed by atoms with Crippen LogP contribution in [0.25, 0.3) is 0 Å². The number of hydrogen-bond donors (Lipinski definition) is 0. The fourth-order valence-corrected chi connectivity index (χ4v) is 2.43. The number of hydrogen-bond acceptors (Lipinski definition) is 5. The molecule has 0 aromatic heterocycles. The third-order valence-electron chi connectivity index (χ3n) is 3.16. The molecule has 6 heteroatoms. The van der Waals surface area contributed by atoms with Crippen molar-refractivity contribution in [3.05, 3.63) is 28.8 Å². The number of nitriles is 1. The zero-order valence-electron chi connectivity index (χ0n) is 11.3. The highest BCUT2D eigenvalue weighted by molar-refractivity contribution is 6.32. The molecule has 0 aliphatic carbocycles. The van der Waals surface area contributed by atoms with Crippen LogP contribution in [0.5, 0.6) is 0 Å². The lowest BCUT2D eigenvalue weighted by Crippen LogP contribution is -2.50. The van der Waals surface area contributed by atoms with Crippen LogP contribution in [0.3, 0.4) is 0 Å². The van der Waals surface area contributed by atoms with Crippen molar-refractivity contribution in [3.8, 4) is 6.07 Å². The number of methoxy groups -OCH3 is 1. The van der Waals surface area contributed by atoms with Crippen LogP contribution in [-0.4, -0.2) is 38.4 Å². The van der Waals surface area contributed by atoms with E-state index in [1.165, 1.54) is 7.11 Å². The van der Waals surface area contributed by atoms with Gasteiger partial charge in [0.15, 0.2) is 6.10 Å². The number of halogens is 1. The maximum atomic E-state index is 11.6. The van der Waals surface area contributed by atoms with Crippen molar-refractivity contribution < 1.29 is 14.3 Å². The van der Waals surface area contributed by atoms with Crippen molar-refractivity contribution in [2.75, 3.05) is 25.1 Å². The molecule has 1 aliphatic heterocycles. The van der Waals surface area contributed by atoms with E-state index in [1.807, 2.05) is 24.0 Å². The van der Waals surface area contributed by atoms with Gasteiger partial charge < -0.3 is 14.4 Å². The molecule has 1 aromatic rings. The third-order valence-corrected chi connectivity index (χ3v) is 3.48. The Labute approximate surface area is 122 Å². The molecule has 1 fully saturated rings. The standard InChI is InChI=1S/C14H15ClN2O3/c1-9-7-17(8-13(20-9)14(18)19-2)11-4-3-10(6-16)12(15)5-11/h3-5,9,13H,7-8H2,1-2H3/t9-,13?/m1/s1. The second-order valence-corrected chi connectivity index (χ2v) is 5.05. The van der Waals surface area contributed by atoms with Gasteiger partial charge in [-0.2, -0.15) is 5.26 Å².